The third-order valence-electron chi connectivity index (χ3n) is 3.73. The lowest BCUT2D eigenvalue weighted by atomic mass is 10.0. The summed E-state index contributed by atoms with van der Waals surface area (Å²) in [5, 5.41) is 9.08. The van der Waals surface area contributed by atoms with Crippen molar-refractivity contribution < 1.29 is 32.7 Å². The fraction of sp³-hybridized carbons (Fsp3) is 0.462. The first kappa shape index (κ1) is 15.9. The van der Waals surface area contributed by atoms with Gasteiger partial charge < -0.3 is 10.0 Å². The van der Waals surface area contributed by atoms with Gasteiger partial charge in [-0.1, -0.05) is 0 Å². The number of thioether (sulfide) groups is 1. The normalized spacial score (nSPS) is 26.2. The van der Waals surface area contributed by atoms with Crippen LogP contribution in [-0.4, -0.2) is 63.1 Å². The van der Waals surface area contributed by atoms with Crippen LogP contribution in [0.15, 0.2) is 22.9 Å². The molecule has 1 atom stereocenters. The summed E-state index contributed by atoms with van der Waals surface area (Å²) >= 11 is 1.37. The SMILES string of the molecule is O=C(O)C1=C(/C=C2\CN(CC(F)(F)F)C2=O)CSC2CC(=O)N12. The first-order chi connectivity index (χ1) is 10.7. The maximum absolute atomic E-state index is 12.3. The number of amides is 2. The van der Waals surface area contributed by atoms with Crippen LogP contribution in [0.2, 0.25) is 0 Å². The number of β-lactam (4-membered cyclic amide) rings is 2. The number of fused-ring (bicyclic) bond motifs is 1. The van der Waals surface area contributed by atoms with Crippen LogP contribution in [-0.2, 0) is 14.4 Å². The van der Waals surface area contributed by atoms with Gasteiger partial charge in [0.25, 0.3) is 5.91 Å². The summed E-state index contributed by atoms with van der Waals surface area (Å²) < 4.78 is 36.8. The summed E-state index contributed by atoms with van der Waals surface area (Å²) in [5.74, 6) is -2.06. The summed E-state index contributed by atoms with van der Waals surface area (Å²) in [6.07, 6.45) is -2.90. The molecular weight excluding hydrogens is 337 g/mol. The first-order valence-electron chi connectivity index (χ1n) is 6.64. The molecule has 2 amide bonds. The Morgan fingerprint density at radius 3 is 2.61 bits per heavy atom. The molecule has 1 N–H and O–H groups in total. The highest BCUT2D eigenvalue weighted by atomic mass is 32.2. The number of carbonyl (C=O) groups excluding carboxylic acids is 2. The molecule has 0 bridgehead atoms. The predicted molar refractivity (Wildman–Crippen MR) is 73.1 cm³/mol. The van der Waals surface area contributed by atoms with E-state index in [0.29, 0.717) is 10.7 Å². The van der Waals surface area contributed by atoms with E-state index in [0.717, 1.165) is 0 Å². The number of hydrogen-bond donors (Lipinski definition) is 1. The molecule has 3 aliphatic heterocycles. The number of carbonyl (C=O) groups is 3. The van der Waals surface area contributed by atoms with Crippen molar-refractivity contribution in [3.05, 3.63) is 22.9 Å². The lowest BCUT2D eigenvalue weighted by Crippen LogP contribution is -2.54. The van der Waals surface area contributed by atoms with E-state index in [9.17, 15) is 32.7 Å². The molecule has 1 unspecified atom stereocenters. The van der Waals surface area contributed by atoms with Crippen LogP contribution in [0.1, 0.15) is 6.42 Å². The molecule has 0 saturated carbocycles. The monoisotopic (exact) mass is 348 g/mol. The van der Waals surface area contributed by atoms with Crippen molar-refractivity contribution in [3.8, 4) is 0 Å². The van der Waals surface area contributed by atoms with E-state index in [1.807, 2.05) is 0 Å². The van der Waals surface area contributed by atoms with Gasteiger partial charge in [0.2, 0.25) is 5.91 Å². The molecule has 0 radical (unpaired) electrons. The second kappa shape index (κ2) is 5.29. The van der Waals surface area contributed by atoms with Gasteiger partial charge in [0.1, 0.15) is 12.2 Å². The molecule has 0 aromatic carbocycles. The molecule has 124 valence electrons. The lowest BCUT2D eigenvalue weighted by molar-refractivity contribution is -0.164. The van der Waals surface area contributed by atoms with Gasteiger partial charge in [-0.25, -0.2) is 4.79 Å². The van der Waals surface area contributed by atoms with Crippen molar-refractivity contribution >= 4 is 29.5 Å². The Morgan fingerprint density at radius 1 is 1.39 bits per heavy atom. The van der Waals surface area contributed by atoms with E-state index in [2.05, 4.69) is 0 Å². The number of alkyl halides is 3. The minimum absolute atomic E-state index is 0.120. The molecule has 0 aromatic rings. The van der Waals surface area contributed by atoms with Gasteiger partial charge in [0, 0.05) is 11.3 Å². The zero-order valence-electron chi connectivity index (χ0n) is 11.6. The van der Waals surface area contributed by atoms with Gasteiger partial charge in [-0.3, -0.25) is 14.5 Å². The molecule has 23 heavy (non-hydrogen) atoms. The summed E-state index contributed by atoms with van der Waals surface area (Å²) in [7, 11) is 0. The molecule has 2 saturated heterocycles. The van der Waals surface area contributed by atoms with E-state index in [-0.39, 0.29) is 41.1 Å². The molecule has 3 rings (SSSR count). The Balaban J connectivity index is 1.81. The molecule has 10 heteroatoms. The van der Waals surface area contributed by atoms with Gasteiger partial charge in [-0.15, -0.1) is 11.8 Å². The number of hydrogen-bond acceptors (Lipinski definition) is 4. The van der Waals surface area contributed by atoms with Gasteiger partial charge in [0.05, 0.1) is 18.3 Å². The number of nitrogens with zero attached hydrogens (tertiary/aromatic N) is 2. The van der Waals surface area contributed by atoms with E-state index in [1.165, 1.54) is 22.7 Å². The summed E-state index contributed by atoms with van der Waals surface area (Å²) in [6, 6.07) is 0. The van der Waals surface area contributed by atoms with E-state index in [4.69, 9.17) is 0 Å². The molecule has 0 aliphatic carbocycles. The first-order valence-corrected chi connectivity index (χ1v) is 7.69. The lowest BCUT2D eigenvalue weighted by Gasteiger charge is -2.44. The smallest absolute Gasteiger partial charge is 0.406 e. The van der Waals surface area contributed by atoms with Crippen LogP contribution >= 0.6 is 11.8 Å². The third-order valence-corrected chi connectivity index (χ3v) is 4.97. The van der Waals surface area contributed by atoms with Crippen LogP contribution in [0.4, 0.5) is 13.2 Å². The van der Waals surface area contributed by atoms with E-state index in [1.54, 1.807) is 0 Å². The second-order valence-corrected chi connectivity index (χ2v) is 6.52. The minimum atomic E-state index is -4.47. The number of rotatable bonds is 3. The van der Waals surface area contributed by atoms with Crippen LogP contribution in [0.3, 0.4) is 0 Å². The topological polar surface area (TPSA) is 77.9 Å². The Kier molecular flexibility index (Phi) is 3.66. The van der Waals surface area contributed by atoms with E-state index < -0.39 is 24.6 Å². The second-order valence-electron chi connectivity index (χ2n) is 5.36. The highest BCUT2D eigenvalue weighted by molar-refractivity contribution is 8.00. The minimum Gasteiger partial charge on any atom is -0.477 e. The van der Waals surface area contributed by atoms with Gasteiger partial charge in [-0.05, 0) is 11.6 Å². The number of allylic oxidation sites excluding steroid dienone is 1. The fourth-order valence-electron chi connectivity index (χ4n) is 2.67. The number of halogens is 3. The summed E-state index contributed by atoms with van der Waals surface area (Å²) in [5.41, 5.74) is 0.219. The van der Waals surface area contributed by atoms with Crippen LogP contribution < -0.4 is 0 Å². The van der Waals surface area contributed by atoms with Gasteiger partial charge in [0.15, 0.2) is 0 Å². The van der Waals surface area contributed by atoms with Crippen molar-refractivity contribution in [2.45, 2.75) is 18.0 Å². The standard InChI is InChI=1S/C13H11F3N2O4S/c14-13(15,16)5-17-3-6(11(17)20)1-7-4-23-9-2-8(19)18(9)10(7)12(21)22/h1,9H,2-5H2,(H,21,22)/b6-1+. The molecule has 0 aromatic heterocycles. The summed E-state index contributed by atoms with van der Waals surface area (Å²) in [6.45, 7) is -1.51. The highest BCUT2D eigenvalue weighted by Crippen LogP contribution is 2.40. The van der Waals surface area contributed by atoms with Crippen molar-refractivity contribution in [1.29, 1.82) is 0 Å². The van der Waals surface area contributed by atoms with Crippen molar-refractivity contribution in [3.63, 3.8) is 0 Å². The van der Waals surface area contributed by atoms with Gasteiger partial charge >= 0.3 is 12.1 Å². The maximum atomic E-state index is 12.3. The van der Waals surface area contributed by atoms with Crippen molar-refractivity contribution in [2.24, 2.45) is 0 Å². The average Bonchev–Trinajstić information content (AvgIpc) is 2.43. The molecule has 6 nitrogen and oxygen atoms in total. The number of aliphatic carboxylic acids is 1. The quantitative estimate of drug-likeness (QED) is 0.607. The van der Waals surface area contributed by atoms with E-state index >= 15 is 0 Å². The zero-order chi connectivity index (χ0) is 16.9. The van der Waals surface area contributed by atoms with Crippen LogP contribution in [0, 0.1) is 0 Å². The molecule has 2 fully saturated rings. The largest absolute Gasteiger partial charge is 0.477 e. The Morgan fingerprint density at radius 2 is 2.09 bits per heavy atom. The number of carboxylic acids is 1. The molecule has 0 spiro atoms. The summed E-state index contributed by atoms with van der Waals surface area (Å²) in [4.78, 5) is 36.5. The Bertz CT molecular complexity index is 671. The number of likely N-dealkylation sites (tertiary alicyclic amines) is 1. The molecule has 3 aliphatic rings. The van der Waals surface area contributed by atoms with Crippen molar-refractivity contribution in [2.75, 3.05) is 18.8 Å². The van der Waals surface area contributed by atoms with Crippen LogP contribution in [0.5, 0.6) is 0 Å². The zero-order valence-corrected chi connectivity index (χ0v) is 12.4. The van der Waals surface area contributed by atoms with Crippen molar-refractivity contribution in [1.82, 2.24) is 9.80 Å². The number of carboxylic acid groups (broad SMARTS) is 1. The fourth-order valence-corrected chi connectivity index (χ4v) is 3.89. The maximum Gasteiger partial charge on any atom is 0.406 e. The molecular formula is C13H11F3N2O4S. The highest BCUT2D eigenvalue weighted by Gasteiger charge is 2.46. The Labute approximate surface area is 132 Å². The third kappa shape index (κ3) is 2.82. The predicted octanol–water partition coefficient (Wildman–Crippen LogP) is 0.961. The Hall–Kier alpha value is -1.97. The average molecular weight is 348 g/mol. The van der Waals surface area contributed by atoms with Crippen LogP contribution in [0.25, 0.3) is 0 Å². The van der Waals surface area contributed by atoms with Gasteiger partial charge in [-0.2, -0.15) is 13.2 Å². The molecule has 3 heterocycles.